The van der Waals surface area contributed by atoms with Crippen molar-refractivity contribution in [2.24, 2.45) is 0 Å². The van der Waals surface area contributed by atoms with Gasteiger partial charge in [-0.2, -0.15) is 0 Å². The first kappa shape index (κ1) is 14.9. The molecule has 0 amide bonds. The molecule has 0 aliphatic heterocycles. The van der Waals surface area contributed by atoms with Crippen LogP contribution in [0.1, 0.15) is 10.4 Å². The van der Waals surface area contributed by atoms with Crippen molar-refractivity contribution in [3.05, 3.63) is 27.7 Å². The van der Waals surface area contributed by atoms with Gasteiger partial charge in [0.05, 0.1) is 25.8 Å². The van der Waals surface area contributed by atoms with Crippen LogP contribution in [0, 0.1) is 0 Å². The minimum absolute atomic E-state index is 0.267. The summed E-state index contributed by atoms with van der Waals surface area (Å²) >= 11 is 8.71. The molecule has 18 heavy (non-hydrogen) atoms. The zero-order valence-corrected chi connectivity index (χ0v) is 12.5. The van der Waals surface area contributed by atoms with E-state index in [2.05, 4.69) is 15.9 Å². The number of carbonyl (C=O) groups excluding carboxylic acids is 1. The summed E-state index contributed by atoms with van der Waals surface area (Å²) in [7, 11) is 4.46. The molecule has 0 saturated carbocycles. The summed E-state index contributed by atoms with van der Waals surface area (Å²) in [6, 6.07) is 1.56. The maximum atomic E-state index is 11.8. The predicted octanol–water partition coefficient (Wildman–Crippen LogP) is 3.41. The van der Waals surface area contributed by atoms with Crippen LogP contribution in [-0.2, 0) is 0 Å². The number of rotatable bonds is 5. The van der Waals surface area contributed by atoms with Gasteiger partial charge in [-0.25, -0.2) is 0 Å². The van der Waals surface area contributed by atoms with Crippen LogP contribution < -0.4 is 14.2 Å². The molecule has 6 heteroatoms. The van der Waals surface area contributed by atoms with Crippen molar-refractivity contribution in [2.75, 3.05) is 21.3 Å². The number of ketones is 1. The van der Waals surface area contributed by atoms with Gasteiger partial charge < -0.3 is 14.2 Å². The van der Waals surface area contributed by atoms with Crippen LogP contribution in [0.2, 0.25) is 0 Å². The lowest BCUT2D eigenvalue weighted by Crippen LogP contribution is -2.02. The van der Waals surface area contributed by atoms with Crippen molar-refractivity contribution in [2.45, 2.75) is 0 Å². The molecule has 0 heterocycles. The Morgan fingerprint density at radius 2 is 1.83 bits per heavy atom. The van der Waals surface area contributed by atoms with E-state index in [0.717, 1.165) is 5.54 Å². The van der Waals surface area contributed by atoms with Gasteiger partial charge in [-0.3, -0.25) is 4.79 Å². The lowest BCUT2D eigenvalue weighted by atomic mass is 10.1. The zero-order valence-electron chi connectivity index (χ0n) is 10.1. The van der Waals surface area contributed by atoms with Gasteiger partial charge in [0.2, 0.25) is 5.75 Å². The Bertz CT molecular complexity index is 485. The molecule has 0 radical (unpaired) electrons. The first-order valence-corrected chi connectivity index (χ1v) is 6.13. The summed E-state index contributed by atoms with van der Waals surface area (Å²) in [5, 5.41) is 0. The molecule has 0 aromatic heterocycles. The van der Waals surface area contributed by atoms with Crippen LogP contribution in [-0.4, -0.2) is 27.1 Å². The highest BCUT2D eigenvalue weighted by molar-refractivity contribution is 9.10. The van der Waals surface area contributed by atoms with Gasteiger partial charge in [0, 0.05) is 11.1 Å². The summed E-state index contributed by atoms with van der Waals surface area (Å²) in [5.74, 6) is 0.946. The van der Waals surface area contributed by atoms with Crippen LogP contribution in [0.15, 0.2) is 22.2 Å². The van der Waals surface area contributed by atoms with Crippen LogP contribution in [0.25, 0.3) is 0 Å². The number of ether oxygens (including phenoxy) is 3. The number of hydrogen-bond donors (Lipinski definition) is 0. The minimum atomic E-state index is -0.267. The smallest absolute Gasteiger partial charge is 0.204 e. The summed E-state index contributed by atoms with van der Waals surface area (Å²) < 4.78 is 16.1. The number of benzene rings is 1. The van der Waals surface area contributed by atoms with Gasteiger partial charge in [-0.05, 0) is 28.1 Å². The number of methoxy groups -OCH3 is 3. The lowest BCUT2D eigenvalue weighted by Gasteiger charge is -2.15. The molecular formula is C12H12BrClO4. The van der Waals surface area contributed by atoms with Gasteiger partial charge in [0.1, 0.15) is 0 Å². The Kier molecular flexibility index (Phi) is 5.50. The topological polar surface area (TPSA) is 44.8 Å². The largest absolute Gasteiger partial charge is 0.493 e. The zero-order chi connectivity index (χ0) is 13.7. The van der Waals surface area contributed by atoms with Crippen molar-refractivity contribution >= 4 is 33.3 Å². The van der Waals surface area contributed by atoms with Crippen LogP contribution in [0.3, 0.4) is 0 Å². The molecule has 0 aliphatic carbocycles. The van der Waals surface area contributed by atoms with E-state index in [1.165, 1.54) is 27.4 Å². The molecule has 0 atom stereocenters. The van der Waals surface area contributed by atoms with E-state index in [1.807, 2.05) is 0 Å². The lowest BCUT2D eigenvalue weighted by molar-refractivity contribution is 0.104. The third-order valence-electron chi connectivity index (χ3n) is 2.25. The Hall–Kier alpha value is -1.20. The van der Waals surface area contributed by atoms with E-state index in [0.29, 0.717) is 27.3 Å². The molecule has 1 aromatic rings. The molecular weight excluding hydrogens is 323 g/mol. The highest BCUT2D eigenvalue weighted by Gasteiger charge is 2.21. The molecule has 0 saturated heterocycles. The predicted molar refractivity (Wildman–Crippen MR) is 73.1 cm³/mol. The average Bonchev–Trinajstić information content (AvgIpc) is 2.38. The number of halogens is 2. The van der Waals surface area contributed by atoms with Gasteiger partial charge in [-0.15, -0.1) is 0 Å². The van der Waals surface area contributed by atoms with E-state index in [-0.39, 0.29) is 5.78 Å². The second kappa shape index (κ2) is 6.66. The first-order valence-electron chi connectivity index (χ1n) is 4.90. The Balaban J connectivity index is 3.51. The van der Waals surface area contributed by atoms with Gasteiger partial charge in [-0.1, -0.05) is 11.6 Å². The summed E-state index contributed by atoms with van der Waals surface area (Å²) in [6.45, 7) is 0. The maximum Gasteiger partial charge on any atom is 0.204 e. The highest BCUT2D eigenvalue weighted by Crippen LogP contribution is 2.44. The molecule has 0 fully saturated rings. The van der Waals surface area contributed by atoms with Gasteiger partial charge >= 0.3 is 0 Å². The fourth-order valence-electron chi connectivity index (χ4n) is 1.45. The number of carbonyl (C=O) groups is 1. The van der Waals surface area contributed by atoms with E-state index in [1.54, 1.807) is 6.07 Å². The SMILES string of the molecule is COc1cc(C(=O)/C=C/Cl)c(Br)c(OC)c1OC. The number of hydrogen-bond acceptors (Lipinski definition) is 4. The Labute approximate surface area is 119 Å². The Morgan fingerprint density at radius 1 is 1.22 bits per heavy atom. The fourth-order valence-corrected chi connectivity index (χ4v) is 2.21. The van der Waals surface area contributed by atoms with E-state index < -0.39 is 0 Å². The summed E-state index contributed by atoms with van der Waals surface area (Å²) in [4.78, 5) is 11.8. The fraction of sp³-hybridized carbons (Fsp3) is 0.250. The first-order chi connectivity index (χ1) is 8.60. The van der Waals surface area contributed by atoms with Crippen LogP contribution >= 0.6 is 27.5 Å². The molecule has 0 N–H and O–H groups in total. The molecule has 98 valence electrons. The summed E-state index contributed by atoms with van der Waals surface area (Å²) in [6.07, 6.45) is 1.24. The second-order valence-corrected chi connectivity index (χ2v) is 4.21. The van der Waals surface area contributed by atoms with E-state index >= 15 is 0 Å². The number of allylic oxidation sites excluding steroid dienone is 1. The van der Waals surface area contributed by atoms with Gasteiger partial charge in [0.15, 0.2) is 17.3 Å². The summed E-state index contributed by atoms with van der Waals surface area (Å²) in [5.41, 5.74) is 1.53. The monoisotopic (exact) mass is 334 g/mol. The average molecular weight is 336 g/mol. The quantitative estimate of drug-likeness (QED) is 0.611. The molecule has 0 aliphatic rings. The third-order valence-corrected chi connectivity index (χ3v) is 3.16. The Morgan fingerprint density at radius 3 is 2.28 bits per heavy atom. The van der Waals surface area contributed by atoms with Gasteiger partial charge in [0.25, 0.3) is 0 Å². The molecule has 0 spiro atoms. The minimum Gasteiger partial charge on any atom is -0.493 e. The third kappa shape index (κ3) is 2.79. The van der Waals surface area contributed by atoms with E-state index in [4.69, 9.17) is 25.8 Å². The van der Waals surface area contributed by atoms with E-state index in [9.17, 15) is 4.79 Å². The van der Waals surface area contributed by atoms with Crippen LogP contribution in [0.4, 0.5) is 0 Å². The molecule has 1 rings (SSSR count). The van der Waals surface area contributed by atoms with Crippen molar-refractivity contribution in [1.82, 2.24) is 0 Å². The van der Waals surface area contributed by atoms with Crippen molar-refractivity contribution < 1.29 is 19.0 Å². The second-order valence-electron chi connectivity index (χ2n) is 3.16. The maximum absolute atomic E-state index is 11.8. The van der Waals surface area contributed by atoms with Crippen molar-refractivity contribution in [1.29, 1.82) is 0 Å². The molecule has 0 unspecified atom stereocenters. The van der Waals surface area contributed by atoms with Crippen LogP contribution in [0.5, 0.6) is 17.2 Å². The molecule has 4 nitrogen and oxygen atoms in total. The molecule has 0 bridgehead atoms. The standard InChI is InChI=1S/C12H12BrClO4/c1-16-9-6-7(8(15)4-5-14)10(13)12(18-3)11(9)17-2/h4-6H,1-3H3/b5-4+. The van der Waals surface area contributed by atoms with Crippen molar-refractivity contribution in [3.8, 4) is 17.2 Å². The normalized spacial score (nSPS) is 10.5. The molecule has 1 aromatic carbocycles. The van der Waals surface area contributed by atoms with Crippen molar-refractivity contribution in [3.63, 3.8) is 0 Å². The highest BCUT2D eigenvalue weighted by atomic mass is 79.9.